The van der Waals surface area contributed by atoms with Gasteiger partial charge in [0.2, 0.25) is 0 Å². The van der Waals surface area contributed by atoms with E-state index in [2.05, 4.69) is 19.9 Å². The van der Waals surface area contributed by atoms with E-state index in [-0.39, 0.29) is 11.1 Å². The van der Waals surface area contributed by atoms with Crippen LogP contribution in [0.5, 0.6) is 0 Å². The summed E-state index contributed by atoms with van der Waals surface area (Å²) in [6.45, 7) is 2.99. The zero-order chi connectivity index (χ0) is 14.2. The van der Waals surface area contributed by atoms with Crippen molar-refractivity contribution < 1.29 is 8.42 Å². The van der Waals surface area contributed by atoms with E-state index >= 15 is 0 Å². The van der Waals surface area contributed by atoms with Crippen molar-refractivity contribution >= 4 is 15.7 Å². The summed E-state index contributed by atoms with van der Waals surface area (Å²) >= 11 is 0. The molecular formula is C13H20N4O2S. The van der Waals surface area contributed by atoms with E-state index in [1.54, 1.807) is 19.2 Å². The van der Waals surface area contributed by atoms with Crippen LogP contribution in [0.4, 0.5) is 5.69 Å². The van der Waals surface area contributed by atoms with Crippen LogP contribution in [0.2, 0.25) is 0 Å². The predicted octanol–water partition coefficient (Wildman–Crippen LogP) is 0.496. The largest absolute Gasteiger partial charge is 0.386 e. The maximum atomic E-state index is 12.5. The van der Waals surface area contributed by atoms with E-state index in [4.69, 9.17) is 0 Å². The zero-order valence-corrected chi connectivity index (χ0v) is 12.4. The Balaban J connectivity index is 1.82. The highest BCUT2D eigenvalue weighted by molar-refractivity contribution is 7.89. The van der Waals surface area contributed by atoms with Gasteiger partial charge in [-0.2, -0.15) is 0 Å². The Morgan fingerprint density at radius 2 is 2.10 bits per heavy atom. The third kappa shape index (κ3) is 2.53. The van der Waals surface area contributed by atoms with Crippen molar-refractivity contribution in [3.05, 3.63) is 18.3 Å². The van der Waals surface area contributed by atoms with E-state index in [1.165, 1.54) is 6.20 Å². The van der Waals surface area contributed by atoms with Crippen molar-refractivity contribution in [2.24, 2.45) is 5.92 Å². The predicted molar refractivity (Wildman–Crippen MR) is 77.1 cm³/mol. The van der Waals surface area contributed by atoms with Gasteiger partial charge in [0.05, 0.1) is 5.69 Å². The van der Waals surface area contributed by atoms with Crippen molar-refractivity contribution in [2.45, 2.75) is 23.9 Å². The van der Waals surface area contributed by atoms with Crippen LogP contribution in [-0.4, -0.2) is 51.0 Å². The molecule has 1 atom stereocenters. The molecule has 4 rings (SSSR count). The smallest absolute Gasteiger partial charge is 0.260 e. The lowest BCUT2D eigenvalue weighted by molar-refractivity contribution is 0.0827. The van der Waals surface area contributed by atoms with E-state index in [0.29, 0.717) is 11.6 Å². The summed E-state index contributed by atoms with van der Waals surface area (Å²) < 4.78 is 27.9. The lowest BCUT2D eigenvalue weighted by atomic mass is 9.85. The number of pyridine rings is 1. The number of sulfonamides is 1. The maximum absolute atomic E-state index is 12.5. The van der Waals surface area contributed by atoms with Gasteiger partial charge < -0.3 is 10.2 Å². The van der Waals surface area contributed by atoms with Crippen LogP contribution in [0, 0.1) is 5.92 Å². The van der Waals surface area contributed by atoms with Crippen molar-refractivity contribution in [1.29, 1.82) is 0 Å². The molecule has 0 aromatic carbocycles. The van der Waals surface area contributed by atoms with Gasteiger partial charge in [-0.25, -0.2) is 18.1 Å². The van der Waals surface area contributed by atoms with Gasteiger partial charge in [-0.15, -0.1) is 0 Å². The summed E-state index contributed by atoms with van der Waals surface area (Å²) in [7, 11) is -1.88. The molecule has 0 radical (unpaired) electrons. The molecule has 4 heterocycles. The molecular weight excluding hydrogens is 276 g/mol. The molecule has 2 N–H and O–H groups in total. The average molecular weight is 296 g/mol. The number of rotatable bonds is 4. The monoisotopic (exact) mass is 296 g/mol. The molecule has 6 nitrogen and oxygen atoms in total. The topological polar surface area (TPSA) is 74.3 Å². The lowest BCUT2D eigenvalue weighted by Gasteiger charge is -2.44. The van der Waals surface area contributed by atoms with Crippen molar-refractivity contribution in [1.82, 2.24) is 14.6 Å². The number of fused-ring (bicyclic) bond motifs is 3. The van der Waals surface area contributed by atoms with Crippen molar-refractivity contribution in [3.63, 3.8) is 0 Å². The van der Waals surface area contributed by atoms with E-state index in [9.17, 15) is 8.42 Å². The summed E-state index contributed by atoms with van der Waals surface area (Å²) in [4.78, 5) is 6.35. The van der Waals surface area contributed by atoms with Gasteiger partial charge >= 0.3 is 0 Å². The highest BCUT2D eigenvalue weighted by atomic mass is 32.2. The maximum Gasteiger partial charge on any atom is 0.260 e. The first-order chi connectivity index (χ1) is 9.60. The first kappa shape index (κ1) is 13.8. The number of nitrogens with one attached hydrogen (secondary N) is 2. The Hall–Kier alpha value is -1.18. The first-order valence-corrected chi connectivity index (χ1v) is 8.46. The average Bonchev–Trinajstić information content (AvgIpc) is 2.48. The molecule has 3 aliphatic heterocycles. The molecule has 110 valence electrons. The second-order valence-corrected chi connectivity index (χ2v) is 7.10. The second-order valence-electron chi connectivity index (χ2n) is 5.47. The van der Waals surface area contributed by atoms with Crippen LogP contribution in [0.15, 0.2) is 23.4 Å². The summed E-state index contributed by atoms with van der Waals surface area (Å²) in [5.74, 6) is 0.455. The Morgan fingerprint density at radius 1 is 1.35 bits per heavy atom. The fourth-order valence-electron chi connectivity index (χ4n) is 3.15. The standard InChI is InChI=1S/C13H20N4O2S/c1-14-11-3-2-6-15-13(11)20(18,19)16-12-9-17-7-4-10(12)5-8-17/h2-3,6,10,12,14,16H,4-5,7-9H2,1H3. The summed E-state index contributed by atoms with van der Waals surface area (Å²) in [5.41, 5.74) is 0.529. The minimum absolute atomic E-state index is 0.00853. The molecule has 0 spiro atoms. The Bertz CT molecular complexity index is 582. The van der Waals surface area contributed by atoms with Crippen LogP contribution in [0.1, 0.15) is 12.8 Å². The Labute approximate surface area is 119 Å². The molecule has 0 amide bonds. The summed E-state index contributed by atoms with van der Waals surface area (Å²) in [5, 5.41) is 2.96. The molecule has 0 saturated carbocycles. The second kappa shape index (κ2) is 5.31. The minimum atomic E-state index is -3.58. The van der Waals surface area contributed by atoms with Gasteiger partial charge in [0.1, 0.15) is 0 Å². The number of hydrogen-bond donors (Lipinski definition) is 2. The number of piperidine rings is 3. The number of aromatic nitrogens is 1. The first-order valence-electron chi connectivity index (χ1n) is 6.97. The van der Waals surface area contributed by atoms with Gasteiger partial charge in [-0.05, 0) is 44.0 Å². The normalized spacial score (nSPS) is 29.4. The SMILES string of the molecule is CNc1cccnc1S(=O)(=O)NC1CN2CCC1CC2. The van der Waals surface area contributed by atoms with E-state index in [1.807, 2.05) is 0 Å². The third-order valence-electron chi connectivity index (χ3n) is 4.26. The molecule has 2 bridgehead atoms. The van der Waals surface area contributed by atoms with Gasteiger partial charge in [0.15, 0.2) is 5.03 Å². The molecule has 3 saturated heterocycles. The van der Waals surface area contributed by atoms with Crippen LogP contribution >= 0.6 is 0 Å². The number of anilines is 1. The minimum Gasteiger partial charge on any atom is -0.386 e. The van der Waals surface area contributed by atoms with Crippen molar-refractivity contribution in [3.8, 4) is 0 Å². The molecule has 3 aliphatic rings. The lowest BCUT2D eigenvalue weighted by Crippen LogP contribution is -2.57. The van der Waals surface area contributed by atoms with Gasteiger partial charge in [0.25, 0.3) is 10.0 Å². The van der Waals surface area contributed by atoms with Gasteiger partial charge in [0, 0.05) is 25.8 Å². The molecule has 1 unspecified atom stereocenters. The Morgan fingerprint density at radius 3 is 2.70 bits per heavy atom. The molecule has 7 heteroatoms. The zero-order valence-electron chi connectivity index (χ0n) is 11.5. The number of hydrogen-bond acceptors (Lipinski definition) is 5. The van der Waals surface area contributed by atoms with Gasteiger partial charge in [-0.3, -0.25) is 0 Å². The van der Waals surface area contributed by atoms with Crippen LogP contribution in [0.3, 0.4) is 0 Å². The quantitative estimate of drug-likeness (QED) is 0.846. The summed E-state index contributed by atoms with van der Waals surface area (Å²) in [6.07, 6.45) is 3.66. The van der Waals surface area contributed by atoms with E-state index < -0.39 is 10.0 Å². The van der Waals surface area contributed by atoms with Crippen molar-refractivity contribution in [2.75, 3.05) is 32.0 Å². The van der Waals surface area contributed by atoms with Gasteiger partial charge in [-0.1, -0.05) is 0 Å². The third-order valence-corrected chi connectivity index (χ3v) is 5.71. The molecule has 3 fully saturated rings. The van der Waals surface area contributed by atoms with E-state index in [0.717, 1.165) is 32.5 Å². The highest BCUT2D eigenvalue weighted by Crippen LogP contribution is 2.29. The molecule has 0 aliphatic carbocycles. The summed E-state index contributed by atoms with van der Waals surface area (Å²) in [6, 6.07) is 3.45. The molecule has 20 heavy (non-hydrogen) atoms. The number of nitrogens with zero attached hydrogens (tertiary/aromatic N) is 2. The Kier molecular flexibility index (Phi) is 3.66. The molecule has 1 aromatic rings. The fourth-order valence-corrected chi connectivity index (χ4v) is 4.59. The van der Waals surface area contributed by atoms with Crippen LogP contribution in [0.25, 0.3) is 0 Å². The van der Waals surface area contributed by atoms with Crippen LogP contribution < -0.4 is 10.0 Å². The molecule has 1 aromatic heterocycles. The highest BCUT2D eigenvalue weighted by Gasteiger charge is 2.37. The van der Waals surface area contributed by atoms with Crippen LogP contribution in [-0.2, 0) is 10.0 Å². The fraction of sp³-hybridized carbons (Fsp3) is 0.615.